The van der Waals surface area contributed by atoms with E-state index >= 15 is 0 Å². The number of aliphatic hydroxyl groups excluding tert-OH is 1. The summed E-state index contributed by atoms with van der Waals surface area (Å²) in [6.45, 7) is 3.26. The maximum atomic E-state index is 13.2. The molecule has 0 unspecified atom stereocenters. The van der Waals surface area contributed by atoms with Crippen molar-refractivity contribution >= 4 is 51.8 Å². The number of hydrogen-bond acceptors (Lipinski definition) is 13. The van der Waals surface area contributed by atoms with Crippen LogP contribution in [0, 0.1) is 11.8 Å². The largest absolute Gasteiger partial charge is 0.477 e. The molecule has 4 amide bonds. The smallest absolute Gasteiger partial charge is 0.418 e. The van der Waals surface area contributed by atoms with Crippen LogP contribution in [0.15, 0.2) is 10.6 Å². The summed E-state index contributed by atoms with van der Waals surface area (Å²) in [5.41, 5.74) is -0.0478. The molecule has 4 heterocycles. The van der Waals surface area contributed by atoms with Crippen LogP contribution < -0.4 is 16.0 Å². The number of hydroxylamine groups is 2. The van der Waals surface area contributed by atoms with Crippen LogP contribution in [0.5, 0.6) is 0 Å². The van der Waals surface area contributed by atoms with Crippen molar-refractivity contribution in [2.24, 2.45) is 11.8 Å². The fourth-order valence-electron chi connectivity index (χ4n) is 6.44. The normalized spacial score (nSPS) is 28.7. The van der Waals surface area contributed by atoms with E-state index in [1.165, 1.54) is 23.6 Å². The van der Waals surface area contributed by atoms with Crippen molar-refractivity contribution < 1.29 is 56.2 Å². The Labute approximate surface area is 276 Å². The minimum absolute atomic E-state index is 0.0301. The molecule has 3 saturated heterocycles. The van der Waals surface area contributed by atoms with Gasteiger partial charge in [-0.3, -0.25) is 18.9 Å². The number of aliphatic hydroxyl groups is 1. The number of rotatable bonds is 15. The van der Waals surface area contributed by atoms with Crippen molar-refractivity contribution in [1.82, 2.24) is 30.8 Å². The van der Waals surface area contributed by atoms with Crippen LogP contribution in [0.25, 0.3) is 0 Å². The number of carboxylic acid groups (broad SMARTS) is 1. The molecule has 4 aliphatic rings. The number of carbonyl (C=O) groups excluding carboxylic acids is 4. The van der Waals surface area contributed by atoms with E-state index in [-0.39, 0.29) is 55.4 Å². The Morgan fingerprint density at radius 1 is 1.21 bits per heavy atom. The second kappa shape index (κ2) is 15.0. The minimum atomic E-state index is -4.91. The molecule has 8 atom stereocenters. The van der Waals surface area contributed by atoms with E-state index < -0.39 is 76.8 Å². The van der Waals surface area contributed by atoms with E-state index in [0.29, 0.717) is 22.9 Å². The Morgan fingerprint density at radius 2 is 1.91 bits per heavy atom. The average Bonchev–Trinajstić information content (AvgIpc) is 3.64. The van der Waals surface area contributed by atoms with E-state index in [2.05, 4.69) is 20.2 Å². The predicted octanol–water partition coefficient (Wildman–Crippen LogP) is -1.86. The highest BCUT2D eigenvalue weighted by Gasteiger charge is 2.49. The molecule has 0 spiro atoms. The van der Waals surface area contributed by atoms with Gasteiger partial charge in [-0.05, 0) is 26.2 Å². The van der Waals surface area contributed by atoms with Crippen molar-refractivity contribution in [1.29, 1.82) is 0 Å². The number of Topliss-reactive ketones (excluding diaryl/α,β-unsaturated/α-hetero) is 1. The van der Waals surface area contributed by atoms with Gasteiger partial charge < -0.3 is 40.7 Å². The van der Waals surface area contributed by atoms with Gasteiger partial charge in [0.2, 0.25) is 11.8 Å². The van der Waals surface area contributed by atoms with Crippen LogP contribution in [0.1, 0.15) is 33.1 Å². The molecule has 4 rings (SSSR count). The highest BCUT2D eigenvalue weighted by atomic mass is 32.3. The van der Waals surface area contributed by atoms with Crippen molar-refractivity contribution in [3.05, 3.63) is 10.6 Å². The van der Waals surface area contributed by atoms with Gasteiger partial charge in [0.1, 0.15) is 12.3 Å². The lowest BCUT2D eigenvalue weighted by molar-refractivity contribution is -0.134. The van der Waals surface area contributed by atoms with Gasteiger partial charge in [0, 0.05) is 55.8 Å². The number of hydrogen-bond donors (Lipinski definition) is 6. The molecule has 47 heavy (non-hydrogen) atoms. The summed E-state index contributed by atoms with van der Waals surface area (Å²) in [7, 11) is -1.58. The summed E-state index contributed by atoms with van der Waals surface area (Å²) in [4.78, 5) is 66.3. The van der Waals surface area contributed by atoms with E-state index in [1.54, 1.807) is 21.0 Å². The summed E-state index contributed by atoms with van der Waals surface area (Å²) in [5.74, 6) is -3.73. The Balaban J connectivity index is 1.27. The molecule has 0 aromatic heterocycles. The number of fused-ring (bicyclic) bond motifs is 2. The number of nitrogens with zero attached hydrogens (tertiary/aromatic N) is 3. The Morgan fingerprint density at radius 3 is 2.53 bits per heavy atom. The lowest BCUT2D eigenvalue weighted by atomic mass is 9.86. The number of thioether (sulfide) groups is 1. The third-order valence-electron chi connectivity index (χ3n) is 8.71. The highest BCUT2D eigenvalue weighted by molar-refractivity contribution is 8.03. The topological polar surface area (TPSA) is 244 Å². The summed E-state index contributed by atoms with van der Waals surface area (Å²) in [6, 6.07) is -3.48. The number of nitrogens with one attached hydrogen (secondary N) is 3. The number of ketones is 1. The summed E-state index contributed by atoms with van der Waals surface area (Å²) in [6.07, 6.45) is -0.132. The van der Waals surface area contributed by atoms with Crippen LogP contribution in [-0.4, -0.2) is 150 Å². The molecule has 0 aliphatic carbocycles. The van der Waals surface area contributed by atoms with Crippen LogP contribution in [-0.2, 0) is 38.6 Å². The first-order valence-corrected chi connectivity index (χ1v) is 17.4. The molecule has 0 saturated carbocycles. The molecule has 0 aromatic carbocycles. The van der Waals surface area contributed by atoms with Gasteiger partial charge >= 0.3 is 22.4 Å². The van der Waals surface area contributed by atoms with E-state index in [4.69, 9.17) is 9.29 Å². The maximum absolute atomic E-state index is 13.2. The number of carbonyl (C=O) groups is 5. The van der Waals surface area contributed by atoms with Gasteiger partial charge in [-0.1, -0.05) is 6.92 Å². The molecule has 3 fully saturated rings. The Hall–Kier alpha value is -3.01. The zero-order valence-corrected chi connectivity index (χ0v) is 28.1. The number of piperidine rings is 1. The monoisotopic (exact) mass is 706 g/mol. The third kappa shape index (κ3) is 8.54. The lowest BCUT2D eigenvalue weighted by Gasteiger charge is -2.30. The summed E-state index contributed by atoms with van der Waals surface area (Å²) < 4.78 is 40.9. The van der Waals surface area contributed by atoms with Gasteiger partial charge in [-0.2, -0.15) is 13.5 Å². The maximum Gasteiger partial charge on any atom is 0.418 e. The molecule has 264 valence electrons. The average molecular weight is 707 g/mol. The minimum Gasteiger partial charge on any atom is -0.477 e. The highest BCUT2D eigenvalue weighted by Crippen LogP contribution is 2.42. The molecule has 4 aliphatic heterocycles. The number of urea groups is 1. The summed E-state index contributed by atoms with van der Waals surface area (Å²) >= 11 is 1.35. The third-order valence-corrected chi connectivity index (χ3v) is 10.6. The number of carboxylic acids is 1. The van der Waals surface area contributed by atoms with Gasteiger partial charge in [0.15, 0.2) is 5.78 Å². The standard InChI is InChI=1S/C27H42N6O12S2/c1-13-21(30-22(26(38)39)23(13)46-16-9-17(29-10-16)25(37)31(3)4)20(14(2)34)24(36)28-7-8-44-12-19(35)18-6-5-15-11-32(18)27(40)33(15)45-47(41,42)43/h13-18,20-21,29-30,34H,5-12H2,1-4H3,(H,28,36)(H,38,39)(H,41,42,43)/t13-,14-,15-,16+,17+,18+,20-,21-/m1/s1. The van der Waals surface area contributed by atoms with Crippen LogP contribution in [0.3, 0.4) is 0 Å². The van der Waals surface area contributed by atoms with Crippen LogP contribution >= 0.6 is 11.8 Å². The fourth-order valence-corrected chi connectivity index (χ4v) is 8.28. The first-order valence-electron chi connectivity index (χ1n) is 15.2. The van der Waals surface area contributed by atoms with E-state index in [9.17, 15) is 42.6 Å². The molecule has 18 nitrogen and oxygen atoms in total. The predicted molar refractivity (Wildman–Crippen MR) is 165 cm³/mol. The Kier molecular flexibility index (Phi) is 11.8. The second-order valence-corrected chi connectivity index (χ2v) is 14.6. The fraction of sp³-hybridized carbons (Fsp3) is 0.741. The number of ether oxygens (including phenoxy) is 1. The Bertz CT molecular complexity index is 1390. The van der Waals surface area contributed by atoms with Gasteiger partial charge in [-0.25, -0.2) is 9.59 Å². The number of amides is 4. The SMILES string of the molecule is C[C@@H](O)[C@@H](C(=O)NCCOCC(=O)[C@@H]1CC[C@@H]2CN1C(=O)N2OS(=O)(=O)O)[C@@H]1NC(C(=O)O)=C(S[C@@H]2CN[C@H](C(=O)N(C)C)C2)[C@@H]1C. The molecule has 0 radical (unpaired) electrons. The van der Waals surface area contributed by atoms with Crippen molar-refractivity contribution in [3.8, 4) is 0 Å². The quantitative estimate of drug-likeness (QED) is 0.0808. The molecular formula is C27H42N6O12S2. The molecule has 2 bridgehead atoms. The first kappa shape index (κ1) is 36.8. The van der Waals surface area contributed by atoms with Crippen molar-refractivity contribution in [2.75, 3.05) is 46.9 Å². The zero-order valence-electron chi connectivity index (χ0n) is 26.4. The van der Waals surface area contributed by atoms with Crippen molar-refractivity contribution in [3.63, 3.8) is 0 Å². The van der Waals surface area contributed by atoms with Crippen molar-refractivity contribution in [2.45, 2.75) is 68.6 Å². The van der Waals surface area contributed by atoms with Gasteiger partial charge in [-0.15, -0.1) is 16.0 Å². The van der Waals surface area contributed by atoms with Gasteiger partial charge in [0.05, 0.1) is 36.8 Å². The molecule has 20 heteroatoms. The van der Waals surface area contributed by atoms with E-state index in [0.717, 1.165) is 4.90 Å². The number of aliphatic carboxylic acids is 1. The van der Waals surface area contributed by atoms with Crippen LogP contribution in [0.2, 0.25) is 0 Å². The first-order chi connectivity index (χ1) is 22.0. The lowest BCUT2D eigenvalue weighted by Crippen LogP contribution is -2.50. The van der Waals surface area contributed by atoms with E-state index in [1.807, 2.05) is 0 Å². The number of likely N-dealkylation sites (N-methyl/N-ethyl adjacent to an activating group) is 1. The molecule has 0 aromatic rings. The molecule has 6 N–H and O–H groups in total. The zero-order chi connectivity index (χ0) is 34.8. The second-order valence-electron chi connectivity index (χ2n) is 12.3. The molecular weight excluding hydrogens is 664 g/mol. The summed E-state index contributed by atoms with van der Waals surface area (Å²) in [5, 5.41) is 29.8. The van der Waals surface area contributed by atoms with Gasteiger partial charge in [0.25, 0.3) is 0 Å². The van der Waals surface area contributed by atoms with Crippen LogP contribution in [0.4, 0.5) is 4.79 Å².